The van der Waals surface area contributed by atoms with Crippen molar-refractivity contribution in [2.24, 2.45) is 0 Å². The van der Waals surface area contributed by atoms with Gasteiger partial charge in [0.05, 0.1) is 6.04 Å². The minimum atomic E-state index is 0.130. The molecule has 0 radical (unpaired) electrons. The van der Waals surface area contributed by atoms with Gasteiger partial charge in [0, 0.05) is 12.1 Å². The molecule has 0 saturated heterocycles. The highest BCUT2D eigenvalue weighted by molar-refractivity contribution is 5.98. The molecule has 1 unspecified atom stereocenters. The van der Waals surface area contributed by atoms with E-state index in [-0.39, 0.29) is 11.8 Å². The quantitative estimate of drug-likeness (QED) is 0.905. The van der Waals surface area contributed by atoms with Crippen LogP contribution >= 0.6 is 0 Å². The average Bonchev–Trinajstić information content (AvgIpc) is 2.79. The molecular weight excluding hydrogens is 246 g/mol. The van der Waals surface area contributed by atoms with Gasteiger partial charge in [0.2, 0.25) is 0 Å². The summed E-state index contributed by atoms with van der Waals surface area (Å²) in [5.41, 5.74) is 4.33. The molecule has 3 rings (SSSR count). The molecular formula is C18H17NO. The van der Waals surface area contributed by atoms with Gasteiger partial charge in [-0.3, -0.25) is 4.79 Å². The summed E-state index contributed by atoms with van der Waals surface area (Å²) in [7, 11) is 0. The van der Waals surface area contributed by atoms with E-state index in [1.807, 2.05) is 31.2 Å². The first-order valence-corrected chi connectivity index (χ1v) is 6.86. The van der Waals surface area contributed by atoms with E-state index in [0.717, 1.165) is 11.3 Å². The molecule has 1 atom stereocenters. The van der Waals surface area contributed by atoms with E-state index in [1.165, 1.54) is 11.1 Å². The van der Waals surface area contributed by atoms with Gasteiger partial charge in [-0.15, -0.1) is 0 Å². The van der Waals surface area contributed by atoms with Crippen molar-refractivity contribution < 1.29 is 4.79 Å². The van der Waals surface area contributed by atoms with E-state index in [9.17, 15) is 4.79 Å². The van der Waals surface area contributed by atoms with Gasteiger partial charge in [0.15, 0.2) is 5.78 Å². The molecule has 2 heteroatoms. The molecule has 0 aliphatic heterocycles. The number of nitrogens with one attached hydrogen (secondary N) is 1. The lowest BCUT2D eigenvalue weighted by molar-refractivity contribution is -0.114. The summed E-state index contributed by atoms with van der Waals surface area (Å²) in [5.74, 6) is 0.239. The van der Waals surface area contributed by atoms with Crippen molar-refractivity contribution in [3.63, 3.8) is 0 Å². The van der Waals surface area contributed by atoms with E-state index >= 15 is 0 Å². The smallest absolute Gasteiger partial charge is 0.160 e. The molecule has 20 heavy (non-hydrogen) atoms. The number of Topliss-reactive ketones (excluding diaryl/α,β-unsaturated/α-hetero) is 1. The topological polar surface area (TPSA) is 29.1 Å². The maximum absolute atomic E-state index is 11.5. The van der Waals surface area contributed by atoms with Crippen molar-refractivity contribution in [3.8, 4) is 11.1 Å². The number of anilines is 1. The molecule has 2 nitrogen and oxygen atoms in total. The van der Waals surface area contributed by atoms with Crippen molar-refractivity contribution in [2.45, 2.75) is 19.4 Å². The highest BCUT2D eigenvalue weighted by Gasteiger charge is 2.20. The second-order valence-electron chi connectivity index (χ2n) is 5.17. The number of hydrogen-bond donors (Lipinski definition) is 1. The van der Waals surface area contributed by atoms with Crippen molar-refractivity contribution in [1.82, 2.24) is 0 Å². The van der Waals surface area contributed by atoms with Gasteiger partial charge in [0.1, 0.15) is 0 Å². The number of allylic oxidation sites excluding steroid dienone is 1. The van der Waals surface area contributed by atoms with Gasteiger partial charge in [-0.1, -0.05) is 48.5 Å². The summed E-state index contributed by atoms with van der Waals surface area (Å²) < 4.78 is 0. The Bertz CT molecular complexity index is 641. The van der Waals surface area contributed by atoms with Gasteiger partial charge in [-0.25, -0.2) is 0 Å². The Hall–Kier alpha value is -2.35. The van der Waals surface area contributed by atoms with Crippen LogP contribution in [0.1, 0.15) is 13.3 Å². The first-order chi connectivity index (χ1) is 9.72. The van der Waals surface area contributed by atoms with E-state index in [4.69, 9.17) is 0 Å². The highest BCUT2D eigenvalue weighted by atomic mass is 16.1. The molecule has 1 aliphatic rings. The lowest BCUT2D eigenvalue weighted by Gasteiger charge is -2.12. The number of ketones is 1. The van der Waals surface area contributed by atoms with Crippen LogP contribution in [-0.4, -0.2) is 11.8 Å². The minimum absolute atomic E-state index is 0.130. The summed E-state index contributed by atoms with van der Waals surface area (Å²) >= 11 is 0. The second-order valence-corrected chi connectivity index (χ2v) is 5.17. The normalized spacial score (nSPS) is 17.9. The lowest BCUT2D eigenvalue weighted by Crippen LogP contribution is -2.15. The SMILES string of the molecule is CC1=CC(Nc2ccc(-c3ccccc3)cc2)CC1=O. The van der Waals surface area contributed by atoms with Crippen LogP contribution in [0.5, 0.6) is 0 Å². The Morgan fingerprint density at radius 1 is 0.950 bits per heavy atom. The summed E-state index contributed by atoms with van der Waals surface area (Å²) in [4.78, 5) is 11.5. The number of carbonyl (C=O) groups is 1. The van der Waals surface area contributed by atoms with E-state index in [2.05, 4.69) is 41.7 Å². The summed E-state index contributed by atoms with van der Waals surface area (Å²) in [6.07, 6.45) is 2.57. The summed E-state index contributed by atoms with van der Waals surface area (Å²) in [5, 5.41) is 3.38. The zero-order chi connectivity index (χ0) is 13.9. The van der Waals surface area contributed by atoms with E-state index in [1.54, 1.807) is 0 Å². The molecule has 2 aromatic rings. The standard InChI is InChI=1S/C18H17NO/c1-13-11-17(12-18(13)20)19-16-9-7-15(8-10-16)14-5-3-2-4-6-14/h2-11,17,19H,12H2,1H3. The predicted molar refractivity (Wildman–Crippen MR) is 82.7 cm³/mol. The van der Waals surface area contributed by atoms with Crippen LogP contribution in [0.15, 0.2) is 66.2 Å². The maximum Gasteiger partial charge on any atom is 0.160 e. The van der Waals surface area contributed by atoms with Crippen molar-refractivity contribution in [1.29, 1.82) is 0 Å². The van der Waals surface area contributed by atoms with Crippen LogP contribution in [-0.2, 0) is 4.79 Å². The zero-order valence-corrected chi connectivity index (χ0v) is 11.5. The molecule has 100 valence electrons. The minimum Gasteiger partial charge on any atom is -0.378 e. The van der Waals surface area contributed by atoms with Gasteiger partial charge in [0.25, 0.3) is 0 Å². The number of hydrogen-bond acceptors (Lipinski definition) is 2. The Morgan fingerprint density at radius 2 is 1.60 bits per heavy atom. The van der Waals surface area contributed by atoms with Crippen LogP contribution in [0.3, 0.4) is 0 Å². The van der Waals surface area contributed by atoms with E-state index in [0.29, 0.717) is 6.42 Å². The largest absolute Gasteiger partial charge is 0.378 e. The summed E-state index contributed by atoms with van der Waals surface area (Å²) in [6.45, 7) is 1.88. The van der Waals surface area contributed by atoms with Gasteiger partial charge >= 0.3 is 0 Å². The van der Waals surface area contributed by atoms with Gasteiger partial charge in [-0.2, -0.15) is 0 Å². The number of rotatable bonds is 3. The first kappa shape index (κ1) is 12.7. The molecule has 0 bridgehead atoms. The maximum atomic E-state index is 11.5. The molecule has 1 N–H and O–H groups in total. The first-order valence-electron chi connectivity index (χ1n) is 6.86. The van der Waals surface area contributed by atoms with Crippen LogP contribution < -0.4 is 5.32 Å². The second kappa shape index (κ2) is 5.33. The van der Waals surface area contributed by atoms with Crippen LogP contribution in [0.25, 0.3) is 11.1 Å². The molecule has 0 amide bonds. The Balaban J connectivity index is 1.73. The highest BCUT2D eigenvalue weighted by Crippen LogP contribution is 2.23. The third-order valence-corrected chi connectivity index (χ3v) is 3.64. The third-order valence-electron chi connectivity index (χ3n) is 3.64. The van der Waals surface area contributed by atoms with Gasteiger partial charge < -0.3 is 5.32 Å². The number of benzene rings is 2. The Kier molecular flexibility index (Phi) is 3.38. The predicted octanol–water partition coefficient (Wildman–Crippen LogP) is 4.05. The van der Waals surface area contributed by atoms with Crippen LogP contribution in [0.2, 0.25) is 0 Å². The Labute approximate surface area is 119 Å². The van der Waals surface area contributed by atoms with Crippen LogP contribution in [0.4, 0.5) is 5.69 Å². The van der Waals surface area contributed by atoms with E-state index < -0.39 is 0 Å². The molecule has 0 saturated carbocycles. The fraction of sp³-hybridized carbons (Fsp3) is 0.167. The third kappa shape index (κ3) is 2.64. The van der Waals surface area contributed by atoms with Crippen LogP contribution in [0, 0.1) is 0 Å². The molecule has 0 spiro atoms. The molecule has 2 aromatic carbocycles. The Morgan fingerprint density at radius 3 is 2.20 bits per heavy atom. The van der Waals surface area contributed by atoms with Crippen molar-refractivity contribution in [2.75, 3.05) is 5.32 Å². The fourth-order valence-corrected chi connectivity index (χ4v) is 2.51. The fourth-order valence-electron chi connectivity index (χ4n) is 2.51. The van der Waals surface area contributed by atoms with Crippen molar-refractivity contribution in [3.05, 3.63) is 66.2 Å². The monoisotopic (exact) mass is 263 g/mol. The lowest BCUT2D eigenvalue weighted by atomic mass is 10.1. The number of carbonyl (C=O) groups excluding carboxylic acids is 1. The molecule has 0 heterocycles. The molecule has 0 fully saturated rings. The molecule has 0 aromatic heterocycles. The summed E-state index contributed by atoms with van der Waals surface area (Å²) in [6, 6.07) is 18.8. The van der Waals surface area contributed by atoms with Gasteiger partial charge in [-0.05, 0) is 35.8 Å². The van der Waals surface area contributed by atoms with Crippen molar-refractivity contribution >= 4 is 11.5 Å². The zero-order valence-electron chi connectivity index (χ0n) is 11.5. The molecule has 1 aliphatic carbocycles. The average molecular weight is 263 g/mol.